The minimum atomic E-state index is -0.505. The van der Waals surface area contributed by atoms with E-state index >= 15 is 0 Å². The molecule has 1 N–H and O–H groups in total. The molecule has 0 bridgehead atoms. The number of hydrogen-bond acceptors (Lipinski definition) is 7. The minimum Gasteiger partial charge on any atom is -0.497 e. The molecule has 9 heteroatoms. The number of para-hydroxylation sites is 1. The summed E-state index contributed by atoms with van der Waals surface area (Å²) in [6.45, 7) is 0.161. The van der Waals surface area contributed by atoms with E-state index in [0.29, 0.717) is 28.5 Å². The summed E-state index contributed by atoms with van der Waals surface area (Å²) < 4.78 is 16.8. The van der Waals surface area contributed by atoms with E-state index in [9.17, 15) is 14.9 Å². The van der Waals surface area contributed by atoms with Gasteiger partial charge in [-0.2, -0.15) is 0 Å². The lowest BCUT2D eigenvalue weighted by Gasteiger charge is -2.38. The maximum atomic E-state index is 13.7. The van der Waals surface area contributed by atoms with E-state index in [1.165, 1.54) is 12.1 Å². The lowest BCUT2D eigenvalue weighted by molar-refractivity contribution is -0.384. The number of nitro groups is 1. The topological polar surface area (TPSA) is 103 Å². The Labute approximate surface area is 219 Å². The molecule has 0 saturated carbocycles. The van der Waals surface area contributed by atoms with Crippen LogP contribution < -0.4 is 24.4 Å². The first-order chi connectivity index (χ1) is 18.5. The number of anilines is 2. The van der Waals surface area contributed by atoms with Crippen molar-refractivity contribution in [1.29, 1.82) is 0 Å². The Bertz CT molecular complexity index is 1470. The van der Waals surface area contributed by atoms with Gasteiger partial charge in [-0.1, -0.05) is 18.2 Å². The van der Waals surface area contributed by atoms with Crippen LogP contribution in [0.4, 0.5) is 17.1 Å². The number of nitro benzene ring substituents is 1. The number of carbonyl (C=O) groups is 1. The van der Waals surface area contributed by atoms with Gasteiger partial charge in [-0.25, -0.2) is 0 Å². The van der Waals surface area contributed by atoms with Crippen molar-refractivity contribution in [2.45, 2.75) is 12.8 Å². The highest BCUT2D eigenvalue weighted by atomic mass is 16.6. The number of amides is 1. The minimum absolute atomic E-state index is 0.0103. The van der Waals surface area contributed by atoms with Crippen molar-refractivity contribution in [3.63, 3.8) is 0 Å². The van der Waals surface area contributed by atoms with Crippen LogP contribution in [-0.4, -0.2) is 25.1 Å². The first kappa shape index (κ1) is 24.6. The molecular formula is C29H25N3O6. The van der Waals surface area contributed by atoms with Crippen LogP contribution in [0.3, 0.4) is 0 Å². The summed E-state index contributed by atoms with van der Waals surface area (Å²) in [6.07, 6.45) is -0.505. The average Bonchev–Trinajstić information content (AvgIpc) is 2.96. The van der Waals surface area contributed by atoms with Crippen molar-refractivity contribution in [3.05, 3.63) is 118 Å². The molecule has 1 amide bonds. The van der Waals surface area contributed by atoms with Crippen LogP contribution in [-0.2, 0) is 6.61 Å². The molecule has 1 heterocycles. The highest BCUT2D eigenvalue weighted by Gasteiger charge is 2.34. The van der Waals surface area contributed by atoms with Gasteiger partial charge >= 0.3 is 0 Å². The number of benzene rings is 4. The Morgan fingerprint density at radius 3 is 2.29 bits per heavy atom. The fourth-order valence-corrected chi connectivity index (χ4v) is 4.40. The molecule has 0 aromatic heterocycles. The van der Waals surface area contributed by atoms with Gasteiger partial charge in [0.1, 0.15) is 30.0 Å². The predicted octanol–water partition coefficient (Wildman–Crippen LogP) is 5.96. The van der Waals surface area contributed by atoms with Crippen molar-refractivity contribution >= 4 is 23.0 Å². The summed E-state index contributed by atoms with van der Waals surface area (Å²) >= 11 is 0. The third-order valence-electron chi connectivity index (χ3n) is 6.34. The van der Waals surface area contributed by atoms with Crippen molar-refractivity contribution in [2.24, 2.45) is 0 Å². The zero-order valence-corrected chi connectivity index (χ0v) is 20.8. The maximum Gasteiger partial charge on any atom is 0.269 e. The quantitative estimate of drug-likeness (QED) is 0.230. The van der Waals surface area contributed by atoms with Crippen LogP contribution in [0.25, 0.3) is 0 Å². The molecule has 0 radical (unpaired) electrons. The van der Waals surface area contributed by atoms with Gasteiger partial charge in [-0.05, 0) is 66.2 Å². The molecule has 1 unspecified atom stereocenters. The van der Waals surface area contributed by atoms with Gasteiger partial charge < -0.3 is 19.5 Å². The molecule has 0 aliphatic carbocycles. The second-order valence-corrected chi connectivity index (χ2v) is 8.58. The number of non-ortho nitro benzene ring substituents is 1. The van der Waals surface area contributed by atoms with E-state index in [0.717, 1.165) is 16.8 Å². The van der Waals surface area contributed by atoms with Crippen LogP contribution in [0, 0.1) is 10.1 Å². The van der Waals surface area contributed by atoms with E-state index in [2.05, 4.69) is 5.32 Å². The van der Waals surface area contributed by atoms with E-state index in [1.807, 2.05) is 60.7 Å². The van der Waals surface area contributed by atoms with E-state index < -0.39 is 11.1 Å². The smallest absolute Gasteiger partial charge is 0.269 e. The van der Waals surface area contributed by atoms with Gasteiger partial charge in [0.15, 0.2) is 0 Å². The summed E-state index contributed by atoms with van der Waals surface area (Å²) in [5, 5.41) is 14.4. The Kier molecular flexibility index (Phi) is 6.82. The third kappa shape index (κ3) is 4.81. The number of rotatable bonds is 8. The number of nitrogens with zero attached hydrogens (tertiary/aromatic N) is 2. The second-order valence-electron chi connectivity index (χ2n) is 8.58. The Hall–Kier alpha value is -5.05. The zero-order valence-electron chi connectivity index (χ0n) is 20.8. The average molecular weight is 512 g/mol. The van der Waals surface area contributed by atoms with Crippen molar-refractivity contribution < 1.29 is 23.9 Å². The summed E-state index contributed by atoms with van der Waals surface area (Å²) in [5.41, 5.74) is 3.60. The standard InChI is InChI=1S/C29H25N3O6/c1-36-23-12-8-21(9-13-23)31-28(30-26-6-4-3-5-25(26)29(31)33)19-7-16-27(37-2)20(17-19)18-38-24-14-10-22(11-15-24)32(34)35/h3-17,28,30H,18H2,1-2H3. The molecule has 38 heavy (non-hydrogen) atoms. The number of hydrogen-bond donors (Lipinski definition) is 1. The molecule has 4 aromatic rings. The zero-order chi connectivity index (χ0) is 26.6. The highest BCUT2D eigenvalue weighted by Crippen LogP contribution is 2.38. The van der Waals surface area contributed by atoms with Crippen LogP contribution in [0.2, 0.25) is 0 Å². The van der Waals surface area contributed by atoms with Crippen LogP contribution in [0.15, 0.2) is 91.0 Å². The van der Waals surface area contributed by atoms with Gasteiger partial charge in [-0.3, -0.25) is 19.8 Å². The molecule has 9 nitrogen and oxygen atoms in total. The molecule has 5 rings (SSSR count). The molecule has 1 aliphatic heterocycles. The van der Waals surface area contributed by atoms with E-state index in [4.69, 9.17) is 14.2 Å². The Morgan fingerprint density at radius 1 is 0.895 bits per heavy atom. The normalized spacial score (nSPS) is 14.3. The van der Waals surface area contributed by atoms with E-state index in [-0.39, 0.29) is 18.2 Å². The Balaban J connectivity index is 1.49. The van der Waals surface area contributed by atoms with Crippen molar-refractivity contribution in [3.8, 4) is 17.2 Å². The number of ether oxygens (including phenoxy) is 3. The van der Waals surface area contributed by atoms with Crippen molar-refractivity contribution in [1.82, 2.24) is 0 Å². The predicted molar refractivity (Wildman–Crippen MR) is 143 cm³/mol. The lowest BCUT2D eigenvalue weighted by atomic mass is 10.0. The first-order valence-electron chi connectivity index (χ1n) is 11.9. The molecule has 1 aliphatic rings. The molecular weight excluding hydrogens is 486 g/mol. The third-order valence-corrected chi connectivity index (χ3v) is 6.34. The van der Waals surface area contributed by atoms with Gasteiger partial charge in [0, 0.05) is 29.1 Å². The summed E-state index contributed by atoms with van der Waals surface area (Å²) in [6, 6.07) is 26.3. The second kappa shape index (κ2) is 10.5. The van der Waals surface area contributed by atoms with Crippen molar-refractivity contribution in [2.75, 3.05) is 24.4 Å². The summed E-state index contributed by atoms with van der Waals surface area (Å²) in [4.78, 5) is 25.9. The number of fused-ring (bicyclic) bond motifs is 1. The van der Waals surface area contributed by atoms with Gasteiger partial charge in [0.25, 0.3) is 11.6 Å². The summed E-state index contributed by atoms with van der Waals surface area (Å²) in [7, 11) is 3.17. The SMILES string of the molecule is COc1ccc(N2C(=O)c3ccccc3NC2c2ccc(OC)c(COc3ccc([N+](=O)[O-])cc3)c2)cc1. The highest BCUT2D eigenvalue weighted by molar-refractivity contribution is 6.12. The fraction of sp³-hybridized carbons (Fsp3) is 0.138. The molecule has 4 aromatic carbocycles. The molecule has 0 fully saturated rings. The van der Waals surface area contributed by atoms with Gasteiger partial charge in [-0.15, -0.1) is 0 Å². The molecule has 1 atom stereocenters. The van der Waals surface area contributed by atoms with Gasteiger partial charge in [0.05, 0.1) is 24.7 Å². The maximum absolute atomic E-state index is 13.7. The van der Waals surface area contributed by atoms with Gasteiger partial charge in [0.2, 0.25) is 0 Å². The van der Waals surface area contributed by atoms with Crippen LogP contribution in [0.5, 0.6) is 17.2 Å². The monoisotopic (exact) mass is 511 g/mol. The molecule has 192 valence electrons. The number of methoxy groups -OCH3 is 2. The molecule has 0 spiro atoms. The van der Waals surface area contributed by atoms with E-state index in [1.54, 1.807) is 37.3 Å². The molecule has 0 saturated heterocycles. The summed E-state index contributed by atoms with van der Waals surface area (Å²) in [5.74, 6) is 1.67. The fourth-order valence-electron chi connectivity index (χ4n) is 4.40. The number of nitrogens with one attached hydrogen (secondary N) is 1. The Morgan fingerprint density at radius 2 is 1.61 bits per heavy atom. The lowest BCUT2D eigenvalue weighted by Crippen LogP contribution is -2.43. The largest absolute Gasteiger partial charge is 0.497 e. The first-order valence-corrected chi connectivity index (χ1v) is 11.9. The van der Waals surface area contributed by atoms with Crippen LogP contribution >= 0.6 is 0 Å². The number of carbonyl (C=O) groups excluding carboxylic acids is 1. The van der Waals surface area contributed by atoms with Crippen LogP contribution in [0.1, 0.15) is 27.7 Å².